The van der Waals surface area contributed by atoms with Gasteiger partial charge in [-0.15, -0.1) is 0 Å². The number of anilines is 1. The van der Waals surface area contributed by atoms with Gasteiger partial charge in [-0.25, -0.2) is 14.1 Å². The van der Waals surface area contributed by atoms with Crippen LogP contribution in [0.3, 0.4) is 0 Å². The van der Waals surface area contributed by atoms with Crippen LogP contribution in [0.2, 0.25) is 0 Å². The number of barbiturate groups is 1. The van der Waals surface area contributed by atoms with E-state index in [0.717, 1.165) is 11.6 Å². The van der Waals surface area contributed by atoms with Gasteiger partial charge in [0.15, 0.2) is 11.5 Å². The second-order valence-corrected chi connectivity index (χ2v) is 8.85. The highest BCUT2D eigenvalue weighted by molar-refractivity contribution is 14.1. The van der Waals surface area contributed by atoms with E-state index in [1.165, 1.54) is 43.5 Å². The summed E-state index contributed by atoms with van der Waals surface area (Å²) in [5.74, 6) is -1.50. The fourth-order valence-electron chi connectivity index (χ4n) is 3.50. The van der Waals surface area contributed by atoms with Gasteiger partial charge in [0.25, 0.3) is 17.5 Å². The fourth-order valence-corrected chi connectivity index (χ4v) is 4.28. The van der Waals surface area contributed by atoms with Crippen LogP contribution in [0, 0.1) is 19.5 Å². The van der Waals surface area contributed by atoms with Gasteiger partial charge in [-0.3, -0.25) is 25.0 Å². The van der Waals surface area contributed by atoms with E-state index < -0.39 is 22.8 Å². The van der Waals surface area contributed by atoms with Crippen molar-refractivity contribution < 1.29 is 33.2 Å². The topological polar surface area (TPSA) is 128 Å². The zero-order valence-electron chi connectivity index (χ0n) is 19.1. The van der Waals surface area contributed by atoms with Gasteiger partial charge in [0, 0.05) is 12.1 Å². The Morgan fingerprint density at radius 2 is 1.84 bits per heavy atom. The molecule has 0 aliphatic carbocycles. The van der Waals surface area contributed by atoms with Gasteiger partial charge in [-0.05, 0) is 70.1 Å². The molecule has 188 valence electrons. The number of hydrogen-bond donors (Lipinski definition) is 1. The molecule has 1 aliphatic rings. The molecule has 0 spiro atoms. The summed E-state index contributed by atoms with van der Waals surface area (Å²) in [6.07, 6.45) is 1.28. The Bertz CT molecular complexity index is 1460. The lowest BCUT2D eigenvalue weighted by Crippen LogP contribution is -2.54. The van der Waals surface area contributed by atoms with Crippen molar-refractivity contribution in [3.8, 4) is 11.5 Å². The van der Waals surface area contributed by atoms with Gasteiger partial charge in [-0.1, -0.05) is 18.2 Å². The molecule has 4 rings (SSSR count). The normalized spacial score (nSPS) is 14.5. The predicted octanol–water partition coefficient (Wildman–Crippen LogP) is 4.59. The Labute approximate surface area is 223 Å². The molecule has 37 heavy (non-hydrogen) atoms. The molecule has 1 N–H and O–H groups in total. The molecule has 0 radical (unpaired) electrons. The third-order valence-electron chi connectivity index (χ3n) is 5.26. The van der Waals surface area contributed by atoms with Crippen LogP contribution in [-0.4, -0.2) is 29.9 Å². The molecule has 0 bridgehead atoms. The summed E-state index contributed by atoms with van der Waals surface area (Å²) in [4.78, 5) is 49.2. The number of nitrogens with zero attached hydrogens (tertiary/aromatic N) is 2. The molecule has 1 heterocycles. The van der Waals surface area contributed by atoms with Gasteiger partial charge in [-0.2, -0.15) is 0 Å². The first-order chi connectivity index (χ1) is 17.7. The molecular weight excluding hydrogens is 600 g/mol. The number of hydrogen-bond acceptors (Lipinski definition) is 7. The number of nitro groups is 1. The van der Waals surface area contributed by atoms with Crippen LogP contribution in [0.4, 0.5) is 20.6 Å². The lowest BCUT2D eigenvalue weighted by molar-refractivity contribution is -0.384. The summed E-state index contributed by atoms with van der Waals surface area (Å²) in [6, 6.07) is 12.9. The van der Waals surface area contributed by atoms with E-state index in [4.69, 9.17) is 9.47 Å². The largest absolute Gasteiger partial charge is 0.493 e. The second kappa shape index (κ2) is 10.7. The molecule has 0 atom stereocenters. The maximum absolute atomic E-state index is 13.1. The Kier molecular flexibility index (Phi) is 7.47. The van der Waals surface area contributed by atoms with E-state index in [9.17, 15) is 28.9 Å². The fraction of sp³-hybridized carbons (Fsp3) is 0.0800. The highest BCUT2D eigenvalue weighted by Gasteiger charge is 2.37. The average molecular weight is 617 g/mol. The third kappa shape index (κ3) is 5.58. The SMILES string of the molecule is COc1cc(/C=C2\C(=O)NC(=O)N(c3cccc([N+](=O)[O-])c3)C2=O)cc(I)c1OCc1ccc(F)cc1. The Balaban J connectivity index is 1.64. The van der Waals surface area contributed by atoms with E-state index in [-0.39, 0.29) is 29.4 Å². The van der Waals surface area contributed by atoms with Crippen molar-refractivity contribution in [1.82, 2.24) is 5.32 Å². The molecule has 1 aliphatic heterocycles. The zero-order valence-corrected chi connectivity index (χ0v) is 21.2. The highest BCUT2D eigenvalue weighted by atomic mass is 127. The molecule has 1 fully saturated rings. The van der Waals surface area contributed by atoms with E-state index in [1.807, 2.05) is 22.6 Å². The van der Waals surface area contributed by atoms with E-state index >= 15 is 0 Å². The number of urea groups is 1. The number of amides is 4. The van der Waals surface area contributed by atoms with Gasteiger partial charge in [0.1, 0.15) is 18.0 Å². The molecule has 0 unspecified atom stereocenters. The minimum Gasteiger partial charge on any atom is -0.493 e. The molecule has 0 aromatic heterocycles. The van der Waals surface area contributed by atoms with Crippen molar-refractivity contribution in [3.63, 3.8) is 0 Å². The number of carbonyl (C=O) groups is 3. The maximum atomic E-state index is 13.1. The van der Waals surface area contributed by atoms with Crippen molar-refractivity contribution in [1.29, 1.82) is 0 Å². The number of nitro benzene ring substituents is 1. The monoisotopic (exact) mass is 617 g/mol. The molecule has 0 saturated carbocycles. The smallest absolute Gasteiger partial charge is 0.335 e. The lowest BCUT2D eigenvalue weighted by Gasteiger charge is -2.26. The Morgan fingerprint density at radius 1 is 1.11 bits per heavy atom. The maximum Gasteiger partial charge on any atom is 0.335 e. The van der Waals surface area contributed by atoms with Crippen LogP contribution in [0.1, 0.15) is 11.1 Å². The van der Waals surface area contributed by atoms with E-state index in [2.05, 4.69) is 5.32 Å². The Hall–Kier alpha value is -4.33. The van der Waals surface area contributed by atoms with Gasteiger partial charge >= 0.3 is 6.03 Å². The first-order valence-electron chi connectivity index (χ1n) is 10.6. The third-order valence-corrected chi connectivity index (χ3v) is 6.06. The average Bonchev–Trinajstić information content (AvgIpc) is 2.86. The molecule has 12 heteroatoms. The number of non-ortho nitro benzene ring substituents is 1. The van der Waals surface area contributed by atoms with Crippen LogP contribution >= 0.6 is 22.6 Å². The quantitative estimate of drug-likeness (QED) is 0.135. The van der Waals surface area contributed by atoms with Crippen molar-refractivity contribution in [2.45, 2.75) is 6.61 Å². The van der Waals surface area contributed by atoms with E-state index in [0.29, 0.717) is 25.5 Å². The van der Waals surface area contributed by atoms with Gasteiger partial charge < -0.3 is 9.47 Å². The number of rotatable bonds is 7. The first-order valence-corrected chi connectivity index (χ1v) is 11.7. The predicted molar refractivity (Wildman–Crippen MR) is 139 cm³/mol. The summed E-state index contributed by atoms with van der Waals surface area (Å²) >= 11 is 2.01. The number of ether oxygens (including phenoxy) is 2. The molecule has 3 aromatic rings. The van der Waals surface area contributed by atoms with Crippen LogP contribution in [0.5, 0.6) is 11.5 Å². The number of carbonyl (C=O) groups excluding carboxylic acids is 3. The van der Waals surface area contributed by atoms with Crippen molar-refractivity contribution >= 4 is 57.9 Å². The standard InChI is InChI=1S/C25H17FIN3O7/c1-36-21-11-15(10-20(27)22(21)37-13-14-5-7-16(26)8-6-14)9-19-23(31)28-25(33)29(24(19)32)17-3-2-4-18(12-17)30(34)35/h2-12H,13H2,1H3,(H,28,31,33)/b19-9+. The highest BCUT2D eigenvalue weighted by Crippen LogP contribution is 2.35. The number of imide groups is 2. The summed E-state index contributed by atoms with van der Waals surface area (Å²) in [5, 5.41) is 13.2. The molecule has 3 aromatic carbocycles. The number of nitrogens with one attached hydrogen (secondary N) is 1. The summed E-state index contributed by atoms with van der Waals surface area (Å²) in [5.41, 5.74) is 0.398. The van der Waals surface area contributed by atoms with Crippen LogP contribution in [-0.2, 0) is 16.2 Å². The first kappa shape index (κ1) is 25.8. The Morgan fingerprint density at radius 3 is 2.51 bits per heavy atom. The molecule has 10 nitrogen and oxygen atoms in total. The van der Waals surface area contributed by atoms with Gasteiger partial charge in [0.05, 0.1) is 21.3 Å². The summed E-state index contributed by atoms with van der Waals surface area (Å²) in [7, 11) is 1.42. The van der Waals surface area contributed by atoms with Crippen molar-refractivity contribution in [2.24, 2.45) is 0 Å². The zero-order chi connectivity index (χ0) is 26.7. The number of methoxy groups -OCH3 is 1. The molecule has 1 saturated heterocycles. The summed E-state index contributed by atoms with van der Waals surface area (Å²) < 4.78 is 25.0. The molecular formula is C25H17FIN3O7. The van der Waals surface area contributed by atoms with Crippen LogP contribution in [0.25, 0.3) is 6.08 Å². The summed E-state index contributed by atoms with van der Waals surface area (Å²) in [6.45, 7) is 0.147. The van der Waals surface area contributed by atoms with Crippen molar-refractivity contribution in [3.05, 3.63) is 96.9 Å². The second-order valence-electron chi connectivity index (χ2n) is 7.68. The minimum atomic E-state index is -1.02. The minimum absolute atomic E-state index is 0.0631. The lowest BCUT2D eigenvalue weighted by atomic mass is 10.1. The van der Waals surface area contributed by atoms with Gasteiger partial charge in [0.2, 0.25) is 0 Å². The van der Waals surface area contributed by atoms with Crippen LogP contribution < -0.4 is 19.7 Å². The number of halogens is 2. The van der Waals surface area contributed by atoms with E-state index in [1.54, 1.807) is 24.3 Å². The van der Waals surface area contributed by atoms with Crippen LogP contribution in [0.15, 0.2) is 66.2 Å². The van der Waals surface area contributed by atoms with Crippen molar-refractivity contribution in [2.75, 3.05) is 12.0 Å². The number of benzene rings is 3. The molecule has 4 amide bonds.